The van der Waals surface area contributed by atoms with Gasteiger partial charge in [0.25, 0.3) is 0 Å². The summed E-state index contributed by atoms with van der Waals surface area (Å²) in [4.78, 5) is 11.2. The fourth-order valence-electron chi connectivity index (χ4n) is 1.14. The van der Waals surface area contributed by atoms with Crippen LogP contribution in [0.2, 0.25) is 0 Å². The van der Waals surface area contributed by atoms with Gasteiger partial charge < -0.3 is 30.8 Å². The highest BCUT2D eigenvalue weighted by Crippen LogP contribution is 2.06. The third-order valence-corrected chi connectivity index (χ3v) is 2.16. The van der Waals surface area contributed by atoms with Crippen LogP contribution in [0.15, 0.2) is 15.1 Å². The quantitative estimate of drug-likeness (QED) is 0.208. The van der Waals surface area contributed by atoms with Crippen LogP contribution in [0, 0.1) is 5.53 Å². The topological polar surface area (TPSA) is 173 Å². The molecule has 0 aromatic rings. The third kappa shape index (κ3) is 56.3. The van der Waals surface area contributed by atoms with Crippen LogP contribution in [0.1, 0.15) is 55.4 Å². The summed E-state index contributed by atoms with van der Waals surface area (Å²) in [5, 5.41) is 15.5. The van der Waals surface area contributed by atoms with Crippen molar-refractivity contribution in [1.82, 2.24) is 11.5 Å². The highest BCUT2D eigenvalue weighted by molar-refractivity contribution is 6.20. The molecule has 184 valence electrons. The van der Waals surface area contributed by atoms with Gasteiger partial charge >= 0.3 is 6.09 Å². The van der Waals surface area contributed by atoms with E-state index in [1.165, 1.54) is 0 Å². The Kier molecular flexibility index (Phi) is 39.5. The molecule has 0 rings (SSSR count). The van der Waals surface area contributed by atoms with Crippen LogP contribution in [-0.2, 0) is 14.2 Å². The molecule has 0 aliphatic rings. The van der Waals surface area contributed by atoms with Crippen molar-refractivity contribution in [2.75, 3.05) is 33.0 Å². The first kappa shape index (κ1) is 39.4. The summed E-state index contributed by atoms with van der Waals surface area (Å²) in [7, 11) is 0. The van der Waals surface area contributed by atoms with E-state index in [1.54, 1.807) is 6.92 Å². The van der Waals surface area contributed by atoms with Crippen LogP contribution >= 0.6 is 23.4 Å². The number of alkyl halides is 1. The van der Waals surface area contributed by atoms with Crippen molar-refractivity contribution >= 4 is 29.5 Å². The van der Waals surface area contributed by atoms with Crippen LogP contribution in [0.4, 0.5) is 4.79 Å². The predicted molar refractivity (Wildman–Crippen MR) is 121 cm³/mol. The first-order valence-electron chi connectivity index (χ1n) is 9.23. The van der Waals surface area contributed by atoms with Gasteiger partial charge in [0.15, 0.2) is 0 Å². The van der Waals surface area contributed by atoms with E-state index in [2.05, 4.69) is 32.2 Å². The molecule has 2 atom stereocenters. The number of amides is 1. The molecule has 0 aromatic heterocycles. The van der Waals surface area contributed by atoms with Crippen LogP contribution < -0.4 is 11.5 Å². The van der Waals surface area contributed by atoms with Gasteiger partial charge in [0, 0.05) is 19.8 Å². The number of carbonyl (C=O) groups is 1. The van der Waals surface area contributed by atoms with Crippen molar-refractivity contribution in [3.05, 3.63) is 0 Å². The molecule has 13 heteroatoms. The average Bonchev–Trinajstić information content (AvgIpc) is 2.59. The van der Waals surface area contributed by atoms with Gasteiger partial charge in [-0.2, -0.15) is 5.53 Å². The molecular formula is C17H42Cl2N6O5. The molecule has 30 heavy (non-hydrogen) atoms. The number of carbonyl (C=O) groups excluding carboxylic acids is 1. The number of nitrogens with zero attached hydrogens (tertiary/aromatic N) is 3. The van der Waals surface area contributed by atoms with E-state index in [1.807, 2.05) is 48.5 Å². The van der Waals surface area contributed by atoms with Gasteiger partial charge in [0.1, 0.15) is 5.60 Å². The minimum atomic E-state index is -0.449. The molecule has 0 aromatic carbocycles. The summed E-state index contributed by atoms with van der Waals surface area (Å²) >= 11 is 10.1. The first-order valence-corrected chi connectivity index (χ1v) is 10.00. The smallest absolute Gasteiger partial charge is 0.407 e. The molecule has 0 spiro atoms. The lowest BCUT2D eigenvalue weighted by Crippen LogP contribution is -2.39. The largest absolute Gasteiger partial charge is 0.444 e. The fraction of sp³-hybridized carbons (Fsp3) is 0.941. The highest BCUT2D eigenvalue weighted by atomic mass is 35.5. The highest BCUT2D eigenvalue weighted by Gasteiger charge is 2.17. The number of aliphatic hydroxyl groups excluding tert-OH is 1. The minimum Gasteiger partial charge on any atom is -0.444 e. The molecule has 0 radical (unpaired) electrons. The van der Waals surface area contributed by atoms with Gasteiger partial charge in [-0.3, -0.25) is 0 Å². The number of hydrogen-bond acceptors (Lipinski definition) is 8. The number of hydrogen-bond donors (Lipinski definition) is 4. The molecule has 0 heterocycles. The second-order valence-corrected chi connectivity index (χ2v) is 7.12. The van der Waals surface area contributed by atoms with Gasteiger partial charge in [0.2, 0.25) is 0 Å². The molecule has 0 saturated carbocycles. The molecule has 0 saturated heterocycles. The third-order valence-electron chi connectivity index (χ3n) is 1.97. The standard InChI is InChI=1S/C10H21NO3.C5H11ClO.C2H6O.ClHN4.H3N/c1-6-13-7-8(2)11-9(12)14-10(3,4)5;1-3-7-4-5(2)6;1-2-3;1-3-5-4-2;/h8H,6-7H2,1-5H3,(H,11,12);5H,3-4H2,1-2H3;3H,2H2,1H3;2H;1H3/t8-;5-;;;/m00.../s1. The van der Waals surface area contributed by atoms with Gasteiger partial charge in [0.05, 0.1) is 36.4 Å². The second-order valence-electron chi connectivity index (χ2n) is 6.23. The summed E-state index contributed by atoms with van der Waals surface area (Å²) < 4.78 is 17.8. The Balaban J connectivity index is -0.000000109. The Labute approximate surface area is 191 Å². The maximum Gasteiger partial charge on any atom is 0.407 e. The predicted octanol–water partition coefficient (Wildman–Crippen LogP) is 5.29. The van der Waals surface area contributed by atoms with Gasteiger partial charge in [-0.15, -0.1) is 11.6 Å². The number of nitrogens with one attached hydrogen (secondary N) is 2. The zero-order chi connectivity index (χ0) is 23.7. The van der Waals surface area contributed by atoms with Gasteiger partial charge in [-0.25, -0.2) is 4.79 Å². The second kappa shape index (κ2) is 30.1. The maximum atomic E-state index is 11.2. The summed E-state index contributed by atoms with van der Waals surface area (Å²) in [5.41, 5.74) is 5.43. The molecule has 11 nitrogen and oxygen atoms in total. The first-order chi connectivity index (χ1) is 13.4. The van der Waals surface area contributed by atoms with Crippen molar-refractivity contribution in [2.45, 2.75) is 72.4 Å². The Hall–Kier alpha value is -1.11. The van der Waals surface area contributed by atoms with E-state index in [4.69, 9.17) is 36.4 Å². The van der Waals surface area contributed by atoms with E-state index in [0.717, 1.165) is 6.61 Å². The van der Waals surface area contributed by atoms with Gasteiger partial charge in [-0.05, 0) is 65.8 Å². The van der Waals surface area contributed by atoms with Crippen molar-refractivity contribution in [2.24, 2.45) is 15.1 Å². The van der Waals surface area contributed by atoms with E-state index >= 15 is 0 Å². The number of aliphatic hydroxyl groups is 1. The van der Waals surface area contributed by atoms with Crippen LogP contribution in [0.3, 0.4) is 0 Å². The molecule has 1 amide bonds. The zero-order valence-electron chi connectivity index (χ0n) is 19.6. The lowest BCUT2D eigenvalue weighted by atomic mass is 10.2. The normalized spacial score (nSPS) is 11.7. The lowest BCUT2D eigenvalue weighted by Gasteiger charge is -2.21. The monoisotopic (exact) mass is 480 g/mol. The van der Waals surface area contributed by atoms with Crippen LogP contribution in [0.5, 0.6) is 0 Å². The molecule has 0 bridgehead atoms. The minimum absolute atomic E-state index is 0. The number of rotatable bonds is 8. The molecule has 0 aliphatic carbocycles. The van der Waals surface area contributed by atoms with Crippen LogP contribution in [-0.4, -0.2) is 61.3 Å². The Morgan fingerprint density at radius 3 is 1.80 bits per heavy atom. The van der Waals surface area contributed by atoms with E-state index < -0.39 is 11.7 Å². The van der Waals surface area contributed by atoms with Crippen LogP contribution in [0.25, 0.3) is 0 Å². The molecule has 6 N–H and O–H groups in total. The van der Waals surface area contributed by atoms with Crippen molar-refractivity contribution in [3.63, 3.8) is 0 Å². The number of ether oxygens (including phenoxy) is 3. The Morgan fingerprint density at radius 2 is 1.57 bits per heavy atom. The molecule has 0 unspecified atom stereocenters. The number of halogens is 2. The number of alkyl carbamates (subject to hydrolysis) is 1. The molecule has 0 fully saturated rings. The van der Waals surface area contributed by atoms with Crippen molar-refractivity contribution in [3.8, 4) is 0 Å². The Bertz CT molecular complexity index is 386. The average molecular weight is 481 g/mol. The molecule has 0 aliphatic heterocycles. The lowest BCUT2D eigenvalue weighted by molar-refractivity contribution is 0.0460. The molecular weight excluding hydrogens is 439 g/mol. The van der Waals surface area contributed by atoms with E-state index in [0.29, 0.717) is 19.8 Å². The summed E-state index contributed by atoms with van der Waals surface area (Å²) in [6, 6.07) is -0.0233. The summed E-state index contributed by atoms with van der Waals surface area (Å²) in [6.45, 7) is 17.7. The summed E-state index contributed by atoms with van der Waals surface area (Å²) in [5.74, 6) is 0. The SMILES string of the molecule is CCO.CCOC[C@H](C)Cl.CCOC[C@H](C)NC(=O)OC(C)(C)C.N.N=NN=NCl. The Morgan fingerprint density at radius 1 is 1.13 bits per heavy atom. The van der Waals surface area contributed by atoms with E-state index in [-0.39, 0.29) is 24.2 Å². The van der Waals surface area contributed by atoms with Crippen molar-refractivity contribution in [1.29, 1.82) is 5.53 Å². The fourth-order valence-corrected chi connectivity index (χ4v) is 1.27. The van der Waals surface area contributed by atoms with Crippen molar-refractivity contribution < 1.29 is 24.1 Å². The van der Waals surface area contributed by atoms with E-state index in [9.17, 15) is 4.79 Å². The zero-order valence-corrected chi connectivity index (χ0v) is 21.1. The summed E-state index contributed by atoms with van der Waals surface area (Å²) in [6.07, 6.45) is -0.398. The maximum absolute atomic E-state index is 11.2. The van der Waals surface area contributed by atoms with Gasteiger partial charge in [-0.1, -0.05) is 4.63 Å².